The second-order valence-corrected chi connectivity index (χ2v) is 4.82. The number of methoxy groups -OCH3 is 1. The molecule has 0 aromatic rings. The highest BCUT2D eigenvalue weighted by Gasteiger charge is 2.46. The predicted octanol–water partition coefficient (Wildman–Crippen LogP) is -1.94. The van der Waals surface area contributed by atoms with Gasteiger partial charge in [0, 0.05) is 7.11 Å². The summed E-state index contributed by atoms with van der Waals surface area (Å²) >= 11 is 0. The first-order valence-electron chi connectivity index (χ1n) is 4.24. The lowest BCUT2D eigenvalue weighted by atomic mass is 10.1. The van der Waals surface area contributed by atoms with Crippen LogP contribution in [0.25, 0.3) is 0 Å². The fourth-order valence-electron chi connectivity index (χ4n) is 1.35. The van der Waals surface area contributed by atoms with E-state index in [1.807, 2.05) is 0 Å². The van der Waals surface area contributed by atoms with Gasteiger partial charge in [0.15, 0.2) is 12.4 Å². The number of ether oxygens (including phenoxy) is 2. The molecule has 8 heteroatoms. The van der Waals surface area contributed by atoms with Crippen molar-refractivity contribution in [2.45, 2.75) is 24.6 Å². The van der Waals surface area contributed by atoms with E-state index in [2.05, 4.69) is 4.18 Å². The van der Waals surface area contributed by atoms with E-state index in [-0.39, 0.29) is 0 Å². The van der Waals surface area contributed by atoms with Gasteiger partial charge in [-0.15, -0.1) is 0 Å². The summed E-state index contributed by atoms with van der Waals surface area (Å²) in [4.78, 5) is 0. The molecule has 1 fully saturated rings. The highest BCUT2D eigenvalue weighted by atomic mass is 32.2. The first kappa shape index (κ1) is 12.8. The van der Waals surface area contributed by atoms with Gasteiger partial charge in [0.2, 0.25) is 0 Å². The van der Waals surface area contributed by atoms with E-state index in [9.17, 15) is 13.5 Å². The zero-order valence-corrected chi connectivity index (χ0v) is 9.18. The minimum atomic E-state index is -3.72. The quantitative estimate of drug-likeness (QED) is 0.553. The van der Waals surface area contributed by atoms with Crippen molar-refractivity contribution >= 4 is 10.1 Å². The molecule has 0 spiro atoms. The summed E-state index contributed by atoms with van der Waals surface area (Å²) in [6.45, 7) is -0.440. The maximum Gasteiger partial charge on any atom is 0.264 e. The highest BCUT2D eigenvalue weighted by molar-refractivity contribution is 7.86. The first-order chi connectivity index (χ1) is 6.89. The molecule has 0 aromatic carbocycles. The van der Waals surface area contributed by atoms with E-state index in [1.165, 1.54) is 7.11 Å². The van der Waals surface area contributed by atoms with Gasteiger partial charge in [-0.25, -0.2) is 0 Å². The lowest BCUT2D eigenvalue weighted by Gasteiger charge is -2.17. The molecule has 1 aliphatic rings. The molecule has 0 aliphatic carbocycles. The van der Waals surface area contributed by atoms with Gasteiger partial charge >= 0.3 is 0 Å². The van der Waals surface area contributed by atoms with Crippen molar-refractivity contribution in [2.75, 3.05) is 20.0 Å². The summed E-state index contributed by atoms with van der Waals surface area (Å²) in [6.07, 6.45) is -3.44. The fourth-order valence-corrected chi connectivity index (χ4v) is 1.96. The molecular formula is C7H14O7S. The molecular weight excluding hydrogens is 228 g/mol. The zero-order chi connectivity index (χ0) is 11.6. The molecule has 90 valence electrons. The third kappa shape index (κ3) is 3.10. The van der Waals surface area contributed by atoms with Crippen LogP contribution in [-0.4, -0.2) is 63.2 Å². The molecule has 0 radical (unpaired) electrons. The number of hydrogen-bond acceptors (Lipinski definition) is 7. The van der Waals surface area contributed by atoms with Crippen LogP contribution in [0.4, 0.5) is 0 Å². The lowest BCUT2D eigenvalue weighted by molar-refractivity contribution is -0.147. The number of aliphatic hydroxyl groups is 2. The Bertz CT molecular complexity index is 298. The van der Waals surface area contributed by atoms with Crippen molar-refractivity contribution < 1.29 is 32.3 Å². The molecule has 0 aromatic heterocycles. The summed E-state index contributed by atoms with van der Waals surface area (Å²) in [5, 5.41) is 18.4. The SMILES string of the molecule is CO[C@@H]1O[C@H](CO)[C@H](O)[C@H]1OS(C)(=O)=O. The summed E-state index contributed by atoms with van der Waals surface area (Å²) in [5.74, 6) is 0. The van der Waals surface area contributed by atoms with E-state index in [0.29, 0.717) is 0 Å². The molecule has 7 nitrogen and oxygen atoms in total. The van der Waals surface area contributed by atoms with Gasteiger partial charge in [-0.05, 0) is 0 Å². The Morgan fingerprint density at radius 1 is 1.47 bits per heavy atom. The van der Waals surface area contributed by atoms with Crippen LogP contribution in [-0.2, 0) is 23.8 Å². The molecule has 1 saturated heterocycles. The van der Waals surface area contributed by atoms with E-state index in [0.717, 1.165) is 6.26 Å². The molecule has 0 unspecified atom stereocenters. The van der Waals surface area contributed by atoms with Crippen LogP contribution in [0, 0.1) is 0 Å². The third-order valence-electron chi connectivity index (χ3n) is 1.99. The average molecular weight is 242 g/mol. The van der Waals surface area contributed by atoms with Crippen LogP contribution in [0.5, 0.6) is 0 Å². The normalized spacial score (nSPS) is 37.1. The number of rotatable bonds is 4. The monoisotopic (exact) mass is 242 g/mol. The Kier molecular flexibility index (Phi) is 4.04. The standard InChI is InChI=1S/C7H14O7S/c1-12-7-6(14-15(2,10)11)5(9)4(3-8)13-7/h4-9H,3H2,1-2H3/t4-,5+,6-,7-/m1/s1. The van der Waals surface area contributed by atoms with E-state index >= 15 is 0 Å². The Labute approximate surface area is 87.7 Å². The second-order valence-electron chi connectivity index (χ2n) is 3.22. The highest BCUT2D eigenvalue weighted by Crippen LogP contribution is 2.25. The average Bonchev–Trinajstić information content (AvgIpc) is 2.42. The first-order valence-corrected chi connectivity index (χ1v) is 6.06. The number of hydrogen-bond donors (Lipinski definition) is 2. The van der Waals surface area contributed by atoms with Crippen LogP contribution >= 0.6 is 0 Å². The van der Waals surface area contributed by atoms with Crippen molar-refractivity contribution in [3.63, 3.8) is 0 Å². The van der Waals surface area contributed by atoms with Gasteiger partial charge in [-0.3, -0.25) is 4.18 Å². The zero-order valence-electron chi connectivity index (χ0n) is 8.36. The van der Waals surface area contributed by atoms with E-state index in [1.54, 1.807) is 0 Å². The van der Waals surface area contributed by atoms with Crippen LogP contribution < -0.4 is 0 Å². The van der Waals surface area contributed by atoms with Gasteiger partial charge in [0.25, 0.3) is 10.1 Å². The number of aliphatic hydroxyl groups excluding tert-OH is 2. The van der Waals surface area contributed by atoms with Crippen LogP contribution in [0.15, 0.2) is 0 Å². The van der Waals surface area contributed by atoms with Crippen molar-refractivity contribution in [3.8, 4) is 0 Å². The molecule has 15 heavy (non-hydrogen) atoms. The van der Waals surface area contributed by atoms with Crippen molar-refractivity contribution in [3.05, 3.63) is 0 Å². The van der Waals surface area contributed by atoms with Gasteiger partial charge in [-0.2, -0.15) is 8.42 Å². The summed E-state index contributed by atoms with van der Waals surface area (Å²) in [5.41, 5.74) is 0. The maximum absolute atomic E-state index is 10.9. The Hall–Kier alpha value is -0.250. The molecule has 1 aliphatic heterocycles. The predicted molar refractivity (Wildman–Crippen MR) is 48.5 cm³/mol. The fraction of sp³-hybridized carbons (Fsp3) is 1.00. The molecule has 1 rings (SSSR count). The molecule has 4 atom stereocenters. The Morgan fingerprint density at radius 2 is 2.07 bits per heavy atom. The Balaban J connectivity index is 2.76. The van der Waals surface area contributed by atoms with Crippen molar-refractivity contribution in [2.24, 2.45) is 0 Å². The van der Waals surface area contributed by atoms with Crippen LogP contribution in [0.1, 0.15) is 0 Å². The molecule has 0 bridgehead atoms. The summed E-state index contributed by atoms with van der Waals surface area (Å²) in [6, 6.07) is 0. The Morgan fingerprint density at radius 3 is 2.47 bits per heavy atom. The minimum absolute atomic E-state index is 0.440. The summed E-state index contributed by atoms with van der Waals surface area (Å²) in [7, 11) is -2.43. The van der Waals surface area contributed by atoms with Gasteiger partial charge in [0.1, 0.15) is 12.2 Å². The lowest BCUT2D eigenvalue weighted by Crippen LogP contribution is -2.38. The van der Waals surface area contributed by atoms with Crippen LogP contribution in [0.3, 0.4) is 0 Å². The molecule has 1 heterocycles. The van der Waals surface area contributed by atoms with Crippen molar-refractivity contribution in [1.82, 2.24) is 0 Å². The largest absolute Gasteiger partial charge is 0.394 e. The second kappa shape index (κ2) is 4.73. The maximum atomic E-state index is 10.9. The van der Waals surface area contributed by atoms with E-state index in [4.69, 9.17) is 14.6 Å². The van der Waals surface area contributed by atoms with Crippen molar-refractivity contribution in [1.29, 1.82) is 0 Å². The molecule has 0 amide bonds. The van der Waals surface area contributed by atoms with Gasteiger partial charge < -0.3 is 19.7 Å². The summed E-state index contributed by atoms with van der Waals surface area (Å²) < 4.78 is 36.2. The van der Waals surface area contributed by atoms with Gasteiger partial charge in [0.05, 0.1) is 12.9 Å². The van der Waals surface area contributed by atoms with Gasteiger partial charge in [-0.1, -0.05) is 0 Å². The van der Waals surface area contributed by atoms with E-state index < -0.39 is 41.3 Å². The smallest absolute Gasteiger partial charge is 0.264 e. The van der Waals surface area contributed by atoms with Crippen LogP contribution in [0.2, 0.25) is 0 Å². The molecule has 2 N–H and O–H groups in total. The molecule has 0 saturated carbocycles. The third-order valence-corrected chi connectivity index (χ3v) is 2.56. The topological polar surface area (TPSA) is 102 Å². The minimum Gasteiger partial charge on any atom is -0.394 e.